The van der Waals surface area contributed by atoms with E-state index in [1.807, 2.05) is 25.1 Å². The van der Waals surface area contributed by atoms with Crippen molar-refractivity contribution in [1.82, 2.24) is 5.32 Å². The Hall–Kier alpha value is -0.900. The molecule has 1 unspecified atom stereocenters. The molecule has 0 aliphatic heterocycles. The lowest BCUT2D eigenvalue weighted by Crippen LogP contribution is -2.39. The highest BCUT2D eigenvalue weighted by atomic mass is 16.5. The number of rotatable bonds is 8. The lowest BCUT2D eigenvalue weighted by Gasteiger charge is -2.23. The maximum Gasteiger partial charge on any atom is 0.0746 e. The van der Waals surface area contributed by atoms with E-state index in [2.05, 4.69) is 17.4 Å². The molecule has 0 heterocycles. The molecule has 0 radical (unpaired) electrons. The molecule has 3 heteroatoms. The second-order valence-electron chi connectivity index (χ2n) is 4.65. The minimum absolute atomic E-state index is 0.600. The number of nitrogens with one attached hydrogen (secondary N) is 1. The minimum Gasteiger partial charge on any atom is -0.389 e. The molecule has 1 aromatic carbocycles. The first kappa shape index (κ1) is 14.2. The number of ether oxygens (including phenoxy) is 1. The highest BCUT2D eigenvalue weighted by Crippen LogP contribution is 2.13. The fraction of sp³-hybridized carbons (Fsp3) is 0.571. The van der Waals surface area contributed by atoms with Crippen LogP contribution >= 0.6 is 0 Å². The predicted molar refractivity (Wildman–Crippen MR) is 70.1 cm³/mol. The van der Waals surface area contributed by atoms with Crippen LogP contribution < -0.4 is 5.32 Å². The van der Waals surface area contributed by atoms with Crippen LogP contribution in [0.5, 0.6) is 0 Å². The van der Waals surface area contributed by atoms with Crippen molar-refractivity contribution >= 4 is 0 Å². The van der Waals surface area contributed by atoms with Crippen LogP contribution in [0.15, 0.2) is 30.3 Å². The molecule has 0 amide bonds. The van der Waals surface area contributed by atoms with Crippen LogP contribution in [0.3, 0.4) is 0 Å². The average molecular weight is 237 g/mol. The van der Waals surface area contributed by atoms with Gasteiger partial charge in [0, 0.05) is 20.2 Å². The van der Waals surface area contributed by atoms with Crippen molar-refractivity contribution in [2.24, 2.45) is 0 Å². The Morgan fingerprint density at radius 2 is 2.00 bits per heavy atom. The molecule has 0 aliphatic carbocycles. The van der Waals surface area contributed by atoms with Gasteiger partial charge in [-0.1, -0.05) is 30.3 Å². The Kier molecular flexibility index (Phi) is 6.19. The Balaban J connectivity index is 2.24. The summed E-state index contributed by atoms with van der Waals surface area (Å²) in [7, 11) is 1.68. The topological polar surface area (TPSA) is 41.5 Å². The summed E-state index contributed by atoms with van der Waals surface area (Å²) >= 11 is 0. The van der Waals surface area contributed by atoms with Gasteiger partial charge in [-0.05, 0) is 25.3 Å². The quantitative estimate of drug-likeness (QED) is 0.675. The smallest absolute Gasteiger partial charge is 0.0746 e. The zero-order valence-electron chi connectivity index (χ0n) is 10.8. The van der Waals surface area contributed by atoms with Crippen molar-refractivity contribution < 1.29 is 9.84 Å². The summed E-state index contributed by atoms with van der Waals surface area (Å²) in [5.41, 5.74) is 0.605. The Bertz CT molecular complexity index is 298. The summed E-state index contributed by atoms with van der Waals surface area (Å²) in [5.74, 6) is 0. The number of hydrogen-bond donors (Lipinski definition) is 2. The molecule has 0 spiro atoms. The highest BCUT2D eigenvalue weighted by Gasteiger charge is 2.19. The molecule has 0 fully saturated rings. The summed E-state index contributed by atoms with van der Waals surface area (Å²) in [5, 5.41) is 13.4. The molecule has 3 nitrogen and oxygen atoms in total. The molecule has 1 aromatic rings. The number of benzene rings is 1. The molecule has 1 atom stereocenters. The summed E-state index contributed by atoms with van der Waals surface area (Å²) in [6.45, 7) is 3.92. The van der Waals surface area contributed by atoms with Gasteiger partial charge in [0.15, 0.2) is 0 Å². The molecule has 0 saturated heterocycles. The van der Waals surface area contributed by atoms with Crippen LogP contribution in [0.2, 0.25) is 0 Å². The monoisotopic (exact) mass is 237 g/mol. The molecule has 0 aromatic heterocycles. The van der Waals surface area contributed by atoms with Crippen LogP contribution in [0.1, 0.15) is 18.9 Å². The normalized spacial score (nSPS) is 14.5. The van der Waals surface area contributed by atoms with Crippen molar-refractivity contribution in [1.29, 1.82) is 0 Å². The van der Waals surface area contributed by atoms with Gasteiger partial charge in [0.05, 0.1) is 12.2 Å². The van der Waals surface area contributed by atoms with E-state index in [4.69, 9.17) is 4.74 Å². The standard InChI is InChI=1S/C14H23NO2/c1-14(16,12-15-10-11-17-2)9-8-13-6-4-3-5-7-13/h3-7,15-16H,8-12H2,1-2H3. The molecule has 0 bridgehead atoms. The van der Waals surface area contributed by atoms with E-state index in [9.17, 15) is 5.11 Å². The fourth-order valence-electron chi connectivity index (χ4n) is 1.68. The van der Waals surface area contributed by atoms with Crippen LogP contribution in [0, 0.1) is 0 Å². The predicted octanol–water partition coefficient (Wildman–Crippen LogP) is 1.61. The van der Waals surface area contributed by atoms with Gasteiger partial charge < -0.3 is 15.2 Å². The minimum atomic E-state index is -0.663. The first-order valence-electron chi connectivity index (χ1n) is 6.10. The third-order valence-corrected chi connectivity index (χ3v) is 2.78. The van der Waals surface area contributed by atoms with Crippen molar-refractivity contribution in [2.75, 3.05) is 26.8 Å². The lowest BCUT2D eigenvalue weighted by atomic mass is 9.97. The second kappa shape index (κ2) is 7.43. The van der Waals surface area contributed by atoms with Gasteiger partial charge in [-0.25, -0.2) is 0 Å². The summed E-state index contributed by atoms with van der Waals surface area (Å²) in [6, 6.07) is 10.2. The maximum absolute atomic E-state index is 10.2. The Morgan fingerprint density at radius 1 is 1.29 bits per heavy atom. The number of methoxy groups -OCH3 is 1. The molecule has 2 N–H and O–H groups in total. The van der Waals surface area contributed by atoms with E-state index in [0.29, 0.717) is 13.2 Å². The van der Waals surface area contributed by atoms with Gasteiger partial charge in [0.25, 0.3) is 0 Å². The fourth-order valence-corrected chi connectivity index (χ4v) is 1.68. The Morgan fingerprint density at radius 3 is 2.65 bits per heavy atom. The van der Waals surface area contributed by atoms with Crippen molar-refractivity contribution in [3.05, 3.63) is 35.9 Å². The summed E-state index contributed by atoms with van der Waals surface area (Å²) in [6.07, 6.45) is 1.66. The number of hydrogen-bond acceptors (Lipinski definition) is 3. The van der Waals surface area contributed by atoms with Crippen molar-refractivity contribution in [3.63, 3.8) is 0 Å². The lowest BCUT2D eigenvalue weighted by molar-refractivity contribution is 0.0493. The largest absolute Gasteiger partial charge is 0.389 e. The highest BCUT2D eigenvalue weighted by molar-refractivity contribution is 5.15. The molecular formula is C14H23NO2. The third-order valence-electron chi connectivity index (χ3n) is 2.78. The first-order chi connectivity index (χ1) is 8.14. The van der Waals surface area contributed by atoms with Crippen LogP contribution in [-0.2, 0) is 11.2 Å². The summed E-state index contributed by atoms with van der Waals surface area (Å²) < 4.78 is 4.94. The Labute approximate surface area is 104 Å². The van der Waals surface area contributed by atoms with Gasteiger partial charge in [-0.3, -0.25) is 0 Å². The second-order valence-corrected chi connectivity index (χ2v) is 4.65. The van der Waals surface area contributed by atoms with E-state index >= 15 is 0 Å². The van der Waals surface area contributed by atoms with Crippen molar-refractivity contribution in [2.45, 2.75) is 25.4 Å². The number of aliphatic hydroxyl groups is 1. The van der Waals surface area contributed by atoms with Crippen LogP contribution in [-0.4, -0.2) is 37.5 Å². The maximum atomic E-state index is 10.2. The van der Waals surface area contributed by atoms with Gasteiger partial charge in [-0.15, -0.1) is 0 Å². The van der Waals surface area contributed by atoms with E-state index in [0.717, 1.165) is 19.4 Å². The molecular weight excluding hydrogens is 214 g/mol. The van der Waals surface area contributed by atoms with E-state index in [1.54, 1.807) is 7.11 Å². The van der Waals surface area contributed by atoms with Gasteiger partial charge in [0.1, 0.15) is 0 Å². The molecule has 1 rings (SSSR count). The van der Waals surface area contributed by atoms with Crippen molar-refractivity contribution in [3.8, 4) is 0 Å². The molecule has 0 saturated carbocycles. The van der Waals surface area contributed by atoms with Gasteiger partial charge >= 0.3 is 0 Å². The van der Waals surface area contributed by atoms with Gasteiger partial charge in [0.2, 0.25) is 0 Å². The van der Waals surface area contributed by atoms with Crippen LogP contribution in [0.25, 0.3) is 0 Å². The van der Waals surface area contributed by atoms with E-state index in [1.165, 1.54) is 5.56 Å². The summed E-state index contributed by atoms with van der Waals surface area (Å²) in [4.78, 5) is 0. The molecule has 0 aliphatic rings. The van der Waals surface area contributed by atoms with E-state index < -0.39 is 5.60 Å². The third kappa shape index (κ3) is 6.41. The van der Waals surface area contributed by atoms with Crippen LogP contribution in [0.4, 0.5) is 0 Å². The number of aryl methyl sites for hydroxylation is 1. The van der Waals surface area contributed by atoms with Gasteiger partial charge in [-0.2, -0.15) is 0 Å². The first-order valence-corrected chi connectivity index (χ1v) is 6.10. The van der Waals surface area contributed by atoms with E-state index in [-0.39, 0.29) is 0 Å². The zero-order valence-corrected chi connectivity index (χ0v) is 10.8. The average Bonchev–Trinajstić information content (AvgIpc) is 2.34. The SMILES string of the molecule is COCCNCC(C)(O)CCc1ccccc1. The zero-order chi connectivity index (χ0) is 12.6. The molecule has 96 valence electrons. The molecule has 17 heavy (non-hydrogen) atoms.